The topological polar surface area (TPSA) is 107 Å². The molecule has 2 N–H and O–H groups in total. The number of hydrogen-bond donors (Lipinski definition) is 1. The molecule has 0 amide bonds. The third-order valence-electron chi connectivity index (χ3n) is 5.61. The van der Waals surface area contributed by atoms with Crippen molar-refractivity contribution in [2.75, 3.05) is 18.8 Å². The van der Waals surface area contributed by atoms with Gasteiger partial charge < -0.3 is 10.3 Å². The van der Waals surface area contributed by atoms with Crippen LogP contribution in [0.3, 0.4) is 0 Å². The Kier molecular flexibility index (Phi) is 5.86. The molecule has 3 heterocycles. The van der Waals surface area contributed by atoms with Crippen molar-refractivity contribution in [2.45, 2.75) is 56.0 Å². The highest BCUT2D eigenvalue weighted by molar-refractivity contribution is 7.90. The van der Waals surface area contributed by atoms with E-state index in [9.17, 15) is 30.4 Å². The summed E-state index contributed by atoms with van der Waals surface area (Å²) in [4.78, 5) is 11.4. The second-order valence-corrected chi connectivity index (χ2v) is 10.2. The Morgan fingerprint density at radius 3 is 2.34 bits per heavy atom. The number of alkyl halides is 5. The molecule has 0 bridgehead atoms. The van der Waals surface area contributed by atoms with Crippen LogP contribution in [-0.4, -0.2) is 57.0 Å². The number of aromatic nitrogens is 4. The maximum Gasteiger partial charge on any atom is 0.420 e. The lowest BCUT2D eigenvalue weighted by Crippen LogP contribution is -2.40. The van der Waals surface area contributed by atoms with E-state index in [1.807, 2.05) is 0 Å². The molecule has 0 atom stereocenters. The van der Waals surface area contributed by atoms with Crippen molar-refractivity contribution in [3.05, 3.63) is 23.8 Å². The Balaban J connectivity index is 1.68. The Labute approximate surface area is 180 Å². The van der Waals surface area contributed by atoms with E-state index in [4.69, 9.17) is 5.73 Å². The van der Waals surface area contributed by atoms with Crippen molar-refractivity contribution in [1.29, 1.82) is 0 Å². The molecule has 32 heavy (non-hydrogen) atoms. The number of nitrogens with zero attached hydrogens (tertiary/aromatic N) is 5. The van der Waals surface area contributed by atoms with E-state index in [1.54, 1.807) is 0 Å². The fourth-order valence-corrected chi connectivity index (χ4v) is 5.83. The number of hydrogen-bond acceptors (Lipinski definition) is 6. The van der Waals surface area contributed by atoms with Crippen LogP contribution in [0.1, 0.15) is 42.9 Å². The van der Waals surface area contributed by atoms with Gasteiger partial charge in [0.15, 0.2) is 0 Å². The summed E-state index contributed by atoms with van der Waals surface area (Å²) in [7, 11) is -3.42. The van der Waals surface area contributed by atoms with Crippen LogP contribution < -0.4 is 5.73 Å². The lowest BCUT2D eigenvalue weighted by molar-refractivity contribution is -0.138. The summed E-state index contributed by atoms with van der Waals surface area (Å²) in [6, 6.07) is 0. The van der Waals surface area contributed by atoms with Crippen LogP contribution in [0.15, 0.2) is 12.5 Å². The number of imidazole rings is 1. The Bertz CT molecular complexity index is 1090. The first-order chi connectivity index (χ1) is 15.0. The van der Waals surface area contributed by atoms with Crippen LogP contribution in [0.5, 0.6) is 0 Å². The average Bonchev–Trinajstić information content (AvgIpc) is 3.47. The normalized spacial score (nSPS) is 19.1. The van der Waals surface area contributed by atoms with E-state index in [0.717, 1.165) is 17.1 Å². The van der Waals surface area contributed by atoms with Gasteiger partial charge in [-0.1, -0.05) is 0 Å². The Morgan fingerprint density at radius 1 is 1.12 bits per heavy atom. The number of piperidine rings is 1. The van der Waals surface area contributed by atoms with Gasteiger partial charge >= 0.3 is 6.18 Å². The minimum absolute atomic E-state index is 0.0864. The van der Waals surface area contributed by atoms with Gasteiger partial charge in [0.25, 0.3) is 6.43 Å². The molecular formula is C18H21F5N6O2S. The van der Waals surface area contributed by atoms with Gasteiger partial charge in [-0.15, -0.1) is 0 Å². The van der Waals surface area contributed by atoms with Crippen molar-refractivity contribution < 1.29 is 30.4 Å². The molecule has 2 fully saturated rings. The van der Waals surface area contributed by atoms with E-state index >= 15 is 0 Å². The zero-order valence-electron chi connectivity index (χ0n) is 16.8. The van der Waals surface area contributed by atoms with Crippen LogP contribution in [0.25, 0.3) is 11.4 Å². The molecule has 1 saturated carbocycles. The minimum atomic E-state index is -4.86. The number of sulfonamides is 1. The third kappa shape index (κ3) is 4.56. The smallest absolute Gasteiger partial charge is 0.368 e. The summed E-state index contributed by atoms with van der Waals surface area (Å²) in [5.41, 5.74) is 3.41. The van der Waals surface area contributed by atoms with Crippen molar-refractivity contribution in [3.8, 4) is 11.4 Å². The maximum absolute atomic E-state index is 14.1. The summed E-state index contributed by atoms with van der Waals surface area (Å²) >= 11 is 0. The molecule has 0 unspecified atom stereocenters. The molecule has 2 aromatic rings. The Morgan fingerprint density at radius 2 is 1.78 bits per heavy atom. The fraction of sp³-hybridized carbons (Fsp3) is 0.611. The van der Waals surface area contributed by atoms with Gasteiger partial charge in [-0.3, -0.25) is 0 Å². The van der Waals surface area contributed by atoms with Gasteiger partial charge in [0.2, 0.25) is 16.0 Å². The molecule has 8 nitrogen and oxygen atoms in total. The number of nitrogen functional groups attached to an aromatic ring is 1. The third-order valence-corrected chi connectivity index (χ3v) is 8.01. The molecule has 2 aromatic heterocycles. The lowest BCUT2D eigenvalue weighted by atomic mass is 9.90. The summed E-state index contributed by atoms with van der Waals surface area (Å²) in [5, 5.41) is -0.394. The Hall–Kier alpha value is -2.35. The quantitative estimate of drug-likeness (QED) is 0.638. The number of anilines is 1. The van der Waals surface area contributed by atoms with Gasteiger partial charge in [-0.25, -0.2) is 36.5 Å². The van der Waals surface area contributed by atoms with Gasteiger partial charge in [-0.05, 0) is 25.7 Å². The summed E-state index contributed by atoms with van der Waals surface area (Å²) < 4.78 is 94.7. The monoisotopic (exact) mass is 480 g/mol. The van der Waals surface area contributed by atoms with E-state index in [1.165, 1.54) is 4.31 Å². The molecule has 1 saturated heterocycles. The van der Waals surface area contributed by atoms with Crippen molar-refractivity contribution >= 4 is 16.0 Å². The first-order valence-electron chi connectivity index (χ1n) is 10.0. The number of nitrogens with two attached hydrogens (primary N) is 1. The molecule has 1 aliphatic carbocycles. The van der Waals surface area contributed by atoms with Gasteiger partial charge in [0.05, 0.1) is 23.8 Å². The van der Waals surface area contributed by atoms with E-state index < -0.39 is 57.5 Å². The molecular weight excluding hydrogens is 459 g/mol. The second kappa shape index (κ2) is 8.21. The van der Waals surface area contributed by atoms with Gasteiger partial charge in [0, 0.05) is 25.2 Å². The molecule has 0 radical (unpaired) electrons. The maximum atomic E-state index is 14.1. The molecule has 14 heteroatoms. The van der Waals surface area contributed by atoms with Crippen molar-refractivity contribution in [1.82, 2.24) is 23.8 Å². The standard InChI is InChI=1S/C18H21F5N6O2S/c19-13(20)8-28-7-12(25-9-28)16-14(18(21,22)23)15(26-17(24)27-16)10-3-5-29(6-4-10)32(30,31)11-1-2-11/h7,9-11,13H,1-6,8H2,(H2,24,26,27). The van der Waals surface area contributed by atoms with E-state index in [2.05, 4.69) is 15.0 Å². The van der Waals surface area contributed by atoms with Crippen LogP contribution in [0, 0.1) is 0 Å². The summed E-state index contributed by atoms with van der Waals surface area (Å²) in [6.07, 6.45) is -4.02. The van der Waals surface area contributed by atoms with E-state index in [0.29, 0.717) is 12.8 Å². The van der Waals surface area contributed by atoms with Crippen LogP contribution >= 0.6 is 0 Å². The lowest BCUT2D eigenvalue weighted by Gasteiger charge is -2.32. The van der Waals surface area contributed by atoms with Crippen LogP contribution in [0.2, 0.25) is 0 Å². The number of rotatable bonds is 6. The molecule has 0 spiro atoms. The molecule has 176 valence electrons. The largest absolute Gasteiger partial charge is 0.420 e. The summed E-state index contributed by atoms with van der Waals surface area (Å²) in [5.74, 6) is -1.09. The molecule has 2 aliphatic rings. The SMILES string of the molecule is Nc1nc(-c2cn(CC(F)F)cn2)c(C(F)(F)F)c(C2CCN(S(=O)(=O)C3CC3)CC2)n1. The zero-order valence-corrected chi connectivity index (χ0v) is 17.6. The minimum Gasteiger partial charge on any atom is -0.368 e. The first-order valence-corrected chi connectivity index (χ1v) is 11.5. The first kappa shape index (κ1) is 22.8. The highest BCUT2D eigenvalue weighted by Crippen LogP contribution is 2.43. The molecule has 1 aliphatic heterocycles. The van der Waals surface area contributed by atoms with Crippen molar-refractivity contribution in [2.24, 2.45) is 0 Å². The van der Waals surface area contributed by atoms with Crippen LogP contribution in [-0.2, 0) is 22.7 Å². The van der Waals surface area contributed by atoms with Gasteiger partial charge in [-0.2, -0.15) is 13.2 Å². The second-order valence-electron chi connectivity index (χ2n) is 7.95. The van der Waals surface area contributed by atoms with E-state index in [-0.39, 0.29) is 37.3 Å². The molecule has 0 aromatic carbocycles. The van der Waals surface area contributed by atoms with Crippen molar-refractivity contribution in [3.63, 3.8) is 0 Å². The van der Waals surface area contributed by atoms with Crippen LogP contribution in [0.4, 0.5) is 27.9 Å². The predicted molar refractivity (Wildman–Crippen MR) is 104 cm³/mol. The zero-order chi connectivity index (χ0) is 23.3. The highest BCUT2D eigenvalue weighted by atomic mass is 32.2. The predicted octanol–water partition coefficient (Wildman–Crippen LogP) is 2.88. The number of halogens is 5. The fourth-order valence-electron chi connectivity index (χ4n) is 3.96. The van der Waals surface area contributed by atoms with Gasteiger partial charge in [0.1, 0.15) is 17.0 Å². The average molecular weight is 480 g/mol. The summed E-state index contributed by atoms with van der Waals surface area (Å²) in [6.45, 7) is -0.554. The highest BCUT2D eigenvalue weighted by Gasteiger charge is 2.44. The molecule has 4 rings (SSSR count).